The van der Waals surface area contributed by atoms with Crippen LogP contribution in [0.25, 0.3) is 11.6 Å². The van der Waals surface area contributed by atoms with E-state index in [2.05, 4.69) is 20.5 Å². The SMILES string of the molecule is CCN(CC)CC(O)CNC(=O)c1c(C)[nH]c(C=C2C(=O)Nc3ccc(F)cc32)c1C. The number of halogens is 1. The molecule has 1 atom stereocenters. The van der Waals surface area contributed by atoms with Crippen LogP contribution in [0, 0.1) is 19.7 Å². The Hall–Kier alpha value is -2.97. The molecule has 166 valence electrons. The van der Waals surface area contributed by atoms with Crippen molar-refractivity contribution in [2.45, 2.75) is 33.8 Å². The van der Waals surface area contributed by atoms with Crippen LogP contribution in [0.5, 0.6) is 0 Å². The maximum atomic E-state index is 13.7. The average Bonchev–Trinajstić information content (AvgIpc) is 3.19. The van der Waals surface area contributed by atoms with Gasteiger partial charge in [-0.15, -0.1) is 0 Å². The predicted octanol–water partition coefficient (Wildman–Crippen LogP) is 2.70. The summed E-state index contributed by atoms with van der Waals surface area (Å²) >= 11 is 0. The zero-order valence-corrected chi connectivity index (χ0v) is 18.3. The molecule has 0 aliphatic carbocycles. The van der Waals surface area contributed by atoms with Crippen LogP contribution >= 0.6 is 0 Å². The van der Waals surface area contributed by atoms with Crippen LogP contribution in [0.15, 0.2) is 18.2 Å². The van der Waals surface area contributed by atoms with Crippen LogP contribution in [0.1, 0.15) is 46.7 Å². The quantitative estimate of drug-likeness (QED) is 0.486. The van der Waals surface area contributed by atoms with Crippen LogP contribution < -0.4 is 10.6 Å². The monoisotopic (exact) mass is 428 g/mol. The molecule has 0 radical (unpaired) electrons. The highest BCUT2D eigenvalue weighted by Crippen LogP contribution is 2.34. The van der Waals surface area contributed by atoms with Crippen LogP contribution in [-0.2, 0) is 4.79 Å². The Morgan fingerprint density at radius 2 is 2.00 bits per heavy atom. The summed E-state index contributed by atoms with van der Waals surface area (Å²) in [5.74, 6) is -1.04. The Morgan fingerprint density at radius 3 is 2.68 bits per heavy atom. The number of hydrogen-bond donors (Lipinski definition) is 4. The van der Waals surface area contributed by atoms with E-state index in [9.17, 15) is 19.1 Å². The third-order valence-corrected chi connectivity index (χ3v) is 5.62. The molecule has 2 amide bonds. The number of aliphatic hydroxyl groups excluding tert-OH is 1. The highest BCUT2D eigenvalue weighted by atomic mass is 19.1. The molecule has 0 saturated heterocycles. The maximum Gasteiger partial charge on any atom is 0.256 e. The topological polar surface area (TPSA) is 97.5 Å². The maximum absolute atomic E-state index is 13.7. The minimum atomic E-state index is -0.668. The zero-order chi connectivity index (χ0) is 22.7. The molecular formula is C23H29FN4O3. The Balaban J connectivity index is 1.79. The van der Waals surface area contributed by atoms with Gasteiger partial charge in [0.05, 0.1) is 17.2 Å². The number of likely N-dealkylation sites (N-methyl/N-ethyl adjacent to an activating group) is 1. The summed E-state index contributed by atoms with van der Waals surface area (Å²) in [7, 11) is 0. The largest absolute Gasteiger partial charge is 0.390 e. The zero-order valence-electron chi connectivity index (χ0n) is 18.3. The van der Waals surface area contributed by atoms with Crippen LogP contribution in [0.3, 0.4) is 0 Å². The molecular weight excluding hydrogens is 399 g/mol. The third kappa shape index (κ3) is 4.86. The molecule has 7 nitrogen and oxygen atoms in total. The summed E-state index contributed by atoms with van der Waals surface area (Å²) in [5, 5.41) is 15.7. The normalized spacial score (nSPS) is 15.3. The summed E-state index contributed by atoms with van der Waals surface area (Å²) in [6, 6.07) is 4.14. The highest BCUT2D eigenvalue weighted by Gasteiger charge is 2.26. The number of nitrogens with one attached hydrogen (secondary N) is 3. The molecule has 1 unspecified atom stereocenters. The van der Waals surface area contributed by atoms with Crippen molar-refractivity contribution in [2.24, 2.45) is 0 Å². The molecule has 0 spiro atoms. The molecule has 4 N–H and O–H groups in total. The van der Waals surface area contributed by atoms with Gasteiger partial charge in [-0.3, -0.25) is 9.59 Å². The first kappa shape index (κ1) is 22.7. The molecule has 0 saturated carbocycles. The van der Waals surface area contributed by atoms with Crippen molar-refractivity contribution in [3.05, 3.63) is 52.1 Å². The fraction of sp³-hybridized carbons (Fsp3) is 0.391. The number of carbonyl (C=O) groups is 2. The van der Waals surface area contributed by atoms with Crippen molar-refractivity contribution in [1.82, 2.24) is 15.2 Å². The van der Waals surface area contributed by atoms with Crippen LogP contribution in [-0.4, -0.2) is 59.1 Å². The third-order valence-electron chi connectivity index (χ3n) is 5.62. The van der Waals surface area contributed by atoms with Gasteiger partial charge in [0.25, 0.3) is 11.8 Å². The smallest absolute Gasteiger partial charge is 0.256 e. The van der Waals surface area contributed by atoms with E-state index in [1.165, 1.54) is 18.2 Å². The van der Waals surface area contributed by atoms with Gasteiger partial charge in [0.1, 0.15) is 5.82 Å². The second-order valence-electron chi connectivity index (χ2n) is 7.72. The first-order valence-electron chi connectivity index (χ1n) is 10.5. The van der Waals surface area contributed by atoms with Gasteiger partial charge in [-0.2, -0.15) is 0 Å². The van der Waals surface area contributed by atoms with Crippen LogP contribution in [0.2, 0.25) is 0 Å². The number of rotatable bonds is 8. The number of fused-ring (bicyclic) bond motifs is 1. The second kappa shape index (κ2) is 9.45. The standard InChI is InChI=1S/C23H29FN4O3/c1-5-28(6-2)12-16(29)11-25-23(31)21-13(3)20(26-14(21)4)10-18-17-9-15(24)7-8-19(17)27-22(18)30/h7-10,16,26,29H,5-6,11-12H2,1-4H3,(H,25,31)(H,27,30). The van der Waals surface area contributed by atoms with E-state index >= 15 is 0 Å². The molecule has 1 aliphatic rings. The van der Waals surface area contributed by atoms with Crippen molar-refractivity contribution in [2.75, 3.05) is 31.5 Å². The van der Waals surface area contributed by atoms with Crippen molar-refractivity contribution >= 4 is 29.2 Å². The number of benzene rings is 1. The number of H-pyrrole nitrogens is 1. The van der Waals surface area contributed by atoms with Gasteiger partial charge in [-0.1, -0.05) is 13.8 Å². The molecule has 1 aromatic heterocycles. The van der Waals surface area contributed by atoms with E-state index in [1.54, 1.807) is 19.9 Å². The van der Waals surface area contributed by atoms with E-state index in [0.29, 0.717) is 45.9 Å². The van der Waals surface area contributed by atoms with E-state index < -0.39 is 11.9 Å². The molecule has 1 aliphatic heterocycles. The molecule has 0 fully saturated rings. The number of nitrogens with zero attached hydrogens (tertiary/aromatic N) is 1. The molecule has 2 heterocycles. The fourth-order valence-electron chi connectivity index (χ4n) is 3.85. The number of amides is 2. The number of aryl methyl sites for hydroxylation is 1. The van der Waals surface area contributed by atoms with Crippen molar-refractivity contribution in [3.63, 3.8) is 0 Å². The predicted molar refractivity (Wildman–Crippen MR) is 119 cm³/mol. The van der Waals surface area contributed by atoms with E-state index in [1.807, 2.05) is 13.8 Å². The minimum Gasteiger partial charge on any atom is -0.390 e. The summed E-state index contributed by atoms with van der Waals surface area (Å²) < 4.78 is 13.7. The minimum absolute atomic E-state index is 0.144. The average molecular weight is 429 g/mol. The van der Waals surface area contributed by atoms with E-state index in [-0.39, 0.29) is 18.4 Å². The van der Waals surface area contributed by atoms with E-state index in [0.717, 1.165) is 13.1 Å². The van der Waals surface area contributed by atoms with Crippen LogP contribution in [0.4, 0.5) is 10.1 Å². The summed E-state index contributed by atoms with van der Waals surface area (Å²) in [4.78, 5) is 30.4. The highest BCUT2D eigenvalue weighted by molar-refractivity contribution is 6.34. The molecule has 1 aromatic carbocycles. The molecule has 0 bridgehead atoms. The van der Waals surface area contributed by atoms with Gasteiger partial charge in [0, 0.05) is 35.7 Å². The first-order valence-corrected chi connectivity index (χ1v) is 10.5. The molecule has 8 heteroatoms. The lowest BCUT2D eigenvalue weighted by Crippen LogP contribution is -2.40. The van der Waals surface area contributed by atoms with Gasteiger partial charge in [-0.25, -0.2) is 4.39 Å². The first-order chi connectivity index (χ1) is 14.7. The van der Waals surface area contributed by atoms with Gasteiger partial charge in [0.2, 0.25) is 0 Å². The van der Waals surface area contributed by atoms with Gasteiger partial charge in [-0.05, 0) is 56.8 Å². The van der Waals surface area contributed by atoms with Gasteiger partial charge in [0.15, 0.2) is 0 Å². The molecule has 2 aromatic rings. The number of anilines is 1. The Labute approximate surface area is 181 Å². The lowest BCUT2D eigenvalue weighted by atomic mass is 10.0. The summed E-state index contributed by atoms with van der Waals surface area (Å²) in [6.07, 6.45) is 0.966. The van der Waals surface area contributed by atoms with Crippen molar-refractivity contribution in [1.29, 1.82) is 0 Å². The second-order valence-corrected chi connectivity index (χ2v) is 7.72. The van der Waals surface area contributed by atoms with Gasteiger partial charge >= 0.3 is 0 Å². The van der Waals surface area contributed by atoms with Gasteiger partial charge < -0.3 is 25.6 Å². The number of hydrogen-bond acceptors (Lipinski definition) is 4. The number of aromatic nitrogens is 1. The van der Waals surface area contributed by atoms with E-state index in [4.69, 9.17) is 0 Å². The molecule has 3 rings (SSSR count). The Morgan fingerprint density at radius 1 is 1.29 bits per heavy atom. The summed E-state index contributed by atoms with van der Waals surface area (Å²) in [5.41, 5.74) is 3.78. The Kier molecular flexibility index (Phi) is 6.92. The lowest BCUT2D eigenvalue weighted by Gasteiger charge is -2.22. The number of aliphatic hydroxyl groups is 1. The molecule has 31 heavy (non-hydrogen) atoms. The van der Waals surface area contributed by atoms with Crippen molar-refractivity contribution in [3.8, 4) is 0 Å². The lowest BCUT2D eigenvalue weighted by molar-refractivity contribution is -0.110. The summed E-state index contributed by atoms with van der Waals surface area (Å²) in [6.45, 7) is 9.90. The number of aromatic amines is 1. The Bertz CT molecular complexity index is 1020. The fourth-order valence-corrected chi connectivity index (χ4v) is 3.85. The van der Waals surface area contributed by atoms with Crippen molar-refractivity contribution < 1.29 is 19.1 Å². The number of carbonyl (C=O) groups excluding carboxylic acids is 2.